The first-order valence-corrected chi connectivity index (χ1v) is 11.4. The van der Waals surface area contributed by atoms with Crippen molar-refractivity contribution >= 4 is 46.3 Å². The average molecular weight is 480 g/mol. The molecule has 0 aliphatic heterocycles. The minimum atomic E-state index is -0.286. The summed E-state index contributed by atoms with van der Waals surface area (Å²) in [5.41, 5.74) is 15.1. The molecule has 0 atom stereocenters. The van der Waals surface area contributed by atoms with Gasteiger partial charge in [-0.25, -0.2) is 0 Å². The maximum absolute atomic E-state index is 12.4. The number of nitriles is 1. The van der Waals surface area contributed by atoms with E-state index in [4.69, 9.17) is 11.5 Å². The van der Waals surface area contributed by atoms with Crippen molar-refractivity contribution in [3.05, 3.63) is 108 Å². The van der Waals surface area contributed by atoms with E-state index in [0.29, 0.717) is 39.4 Å². The predicted molar refractivity (Wildman–Crippen MR) is 139 cm³/mol. The fourth-order valence-corrected chi connectivity index (χ4v) is 4.07. The van der Waals surface area contributed by atoms with Gasteiger partial charge in [-0.1, -0.05) is 11.8 Å². The molecule has 0 saturated carbocycles. The molecule has 0 unspecified atom stereocenters. The molecule has 172 valence electrons. The summed E-state index contributed by atoms with van der Waals surface area (Å²) < 4.78 is 0. The zero-order valence-electron chi connectivity index (χ0n) is 18.5. The summed E-state index contributed by atoms with van der Waals surface area (Å²) in [6.07, 6.45) is 0. The fraction of sp³-hybridized carbons (Fsp3) is 0. The zero-order valence-corrected chi connectivity index (χ0v) is 19.3. The minimum Gasteiger partial charge on any atom is -0.399 e. The number of nitrogens with zero attached hydrogens (tertiary/aromatic N) is 1. The Morgan fingerprint density at radius 1 is 0.686 bits per heavy atom. The molecule has 0 spiro atoms. The highest BCUT2D eigenvalue weighted by atomic mass is 32.2. The topological polar surface area (TPSA) is 134 Å². The van der Waals surface area contributed by atoms with Gasteiger partial charge in [0.1, 0.15) is 6.07 Å². The van der Waals surface area contributed by atoms with Gasteiger partial charge in [0.25, 0.3) is 11.8 Å². The number of nitrogens with one attached hydrogen (secondary N) is 2. The van der Waals surface area contributed by atoms with E-state index in [1.165, 1.54) is 11.8 Å². The van der Waals surface area contributed by atoms with Gasteiger partial charge in [0, 0.05) is 43.7 Å². The highest BCUT2D eigenvalue weighted by Crippen LogP contribution is 2.32. The van der Waals surface area contributed by atoms with E-state index in [9.17, 15) is 14.9 Å². The van der Waals surface area contributed by atoms with Crippen LogP contribution >= 0.6 is 11.8 Å². The Morgan fingerprint density at radius 3 is 1.69 bits per heavy atom. The van der Waals surface area contributed by atoms with Gasteiger partial charge in [-0.2, -0.15) is 5.26 Å². The largest absolute Gasteiger partial charge is 0.399 e. The Morgan fingerprint density at radius 2 is 1.17 bits per heavy atom. The third-order valence-corrected chi connectivity index (χ3v) is 6.13. The number of hydrogen-bond donors (Lipinski definition) is 4. The average Bonchev–Trinajstić information content (AvgIpc) is 2.86. The van der Waals surface area contributed by atoms with E-state index in [-0.39, 0.29) is 11.8 Å². The predicted octanol–water partition coefficient (Wildman–Crippen LogP) is 5.38. The highest BCUT2D eigenvalue weighted by molar-refractivity contribution is 7.99. The maximum Gasteiger partial charge on any atom is 0.255 e. The zero-order chi connectivity index (χ0) is 24.8. The first kappa shape index (κ1) is 23.4. The Labute approximate surface area is 206 Å². The van der Waals surface area contributed by atoms with Crippen molar-refractivity contribution < 1.29 is 9.59 Å². The van der Waals surface area contributed by atoms with Crippen LogP contribution < -0.4 is 22.1 Å². The van der Waals surface area contributed by atoms with E-state index in [0.717, 1.165) is 9.79 Å². The monoisotopic (exact) mass is 479 g/mol. The number of anilines is 4. The standard InChI is InChI=1S/C27H21N5O2S/c28-16-19-15-23(32-27(34)18-3-7-21(30)8-4-18)11-14-25(19)35-24-12-9-22(10-13-24)31-26(33)17-1-5-20(29)6-2-17/h1-15H,29-30H2,(H,31,33)(H,32,34). The summed E-state index contributed by atoms with van der Waals surface area (Å²) in [5, 5.41) is 15.3. The van der Waals surface area contributed by atoms with Crippen LogP contribution in [-0.4, -0.2) is 11.8 Å². The van der Waals surface area contributed by atoms with Crippen LogP contribution in [0.5, 0.6) is 0 Å². The SMILES string of the molecule is N#Cc1cc(NC(=O)c2ccc(N)cc2)ccc1Sc1ccc(NC(=O)c2ccc(N)cc2)cc1. The van der Waals surface area contributed by atoms with Crippen molar-refractivity contribution in [3.63, 3.8) is 0 Å². The molecule has 2 amide bonds. The number of benzene rings is 4. The number of nitrogens with two attached hydrogens (primary N) is 2. The van der Waals surface area contributed by atoms with Crippen LogP contribution in [0.2, 0.25) is 0 Å². The van der Waals surface area contributed by atoms with Crippen LogP contribution in [0.1, 0.15) is 26.3 Å². The normalized spacial score (nSPS) is 10.3. The molecule has 35 heavy (non-hydrogen) atoms. The van der Waals surface area contributed by atoms with Gasteiger partial charge in [0.15, 0.2) is 0 Å². The van der Waals surface area contributed by atoms with Gasteiger partial charge < -0.3 is 22.1 Å². The number of carbonyl (C=O) groups is 2. The summed E-state index contributed by atoms with van der Waals surface area (Å²) in [5.74, 6) is -0.514. The molecule has 6 N–H and O–H groups in total. The van der Waals surface area contributed by atoms with Crippen LogP contribution in [0.15, 0.2) is 101 Å². The van der Waals surface area contributed by atoms with Crippen molar-refractivity contribution in [3.8, 4) is 6.07 Å². The lowest BCUT2D eigenvalue weighted by Crippen LogP contribution is -2.12. The Balaban J connectivity index is 1.41. The van der Waals surface area contributed by atoms with Gasteiger partial charge in [-0.05, 0) is 91.0 Å². The van der Waals surface area contributed by atoms with Crippen LogP contribution in [0.25, 0.3) is 0 Å². The van der Waals surface area contributed by atoms with Crippen molar-refractivity contribution in [2.45, 2.75) is 9.79 Å². The first-order valence-electron chi connectivity index (χ1n) is 10.6. The second-order valence-corrected chi connectivity index (χ2v) is 8.72. The number of rotatable bonds is 6. The third kappa shape index (κ3) is 5.99. The second kappa shape index (κ2) is 10.5. The number of amides is 2. The van der Waals surface area contributed by atoms with E-state index in [1.807, 2.05) is 12.1 Å². The van der Waals surface area contributed by atoms with Crippen LogP contribution in [-0.2, 0) is 0 Å². The van der Waals surface area contributed by atoms with Gasteiger partial charge in [-0.3, -0.25) is 9.59 Å². The summed E-state index contributed by atoms with van der Waals surface area (Å²) in [4.78, 5) is 26.5. The molecule has 0 aliphatic carbocycles. The number of nitrogen functional groups attached to an aromatic ring is 2. The summed E-state index contributed by atoms with van der Waals surface area (Å²) in [6, 6.07) is 28.0. The minimum absolute atomic E-state index is 0.228. The summed E-state index contributed by atoms with van der Waals surface area (Å²) >= 11 is 1.41. The van der Waals surface area contributed by atoms with Crippen molar-refractivity contribution in [2.75, 3.05) is 22.1 Å². The molecular formula is C27H21N5O2S. The summed E-state index contributed by atoms with van der Waals surface area (Å²) in [7, 11) is 0. The van der Waals surface area contributed by atoms with Crippen LogP contribution in [0.4, 0.5) is 22.7 Å². The van der Waals surface area contributed by atoms with Crippen molar-refractivity contribution in [1.82, 2.24) is 0 Å². The van der Waals surface area contributed by atoms with E-state index in [1.54, 1.807) is 78.9 Å². The molecule has 8 heteroatoms. The smallest absolute Gasteiger partial charge is 0.255 e. The lowest BCUT2D eigenvalue weighted by molar-refractivity contribution is 0.101. The Bertz CT molecular complexity index is 1410. The fourth-order valence-electron chi connectivity index (χ4n) is 3.19. The van der Waals surface area contributed by atoms with Crippen molar-refractivity contribution in [1.29, 1.82) is 5.26 Å². The molecule has 4 aromatic rings. The molecular weight excluding hydrogens is 458 g/mol. The molecule has 0 saturated heterocycles. The lowest BCUT2D eigenvalue weighted by atomic mass is 10.1. The second-order valence-electron chi connectivity index (χ2n) is 7.60. The lowest BCUT2D eigenvalue weighted by Gasteiger charge is -2.10. The van der Waals surface area contributed by atoms with E-state index in [2.05, 4.69) is 16.7 Å². The summed E-state index contributed by atoms with van der Waals surface area (Å²) in [6.45, 7) is 0. The molecule has 0 aromatic heterocycles. The molecule has 0 radical (unpaired) electrons. The van der Waals surface area contributed by atoms with Crippen LogP contribution in [0.3, 0.4) is 0 Å². The Kier molecular flexibility index (Phi) is 7.00. The van der Waals surface area contributed by atoms with Crippen molar-refractivity contribution in [2.24, 2.45) is 0 Å². The molecule has 4 aromatic carbocycles. The molecule has 0 aliphatic rings. The maximum atomic E-state index is 12.4. The number of carbonyl (C=O) groups excluding carboxylic acids is 2. The molecule has 0 heterocycles. The van der Waals surface area contributed by atoms with Gasteiger partial charge in [-0.15, -0.1) is 0 Å². The van der Waals surface area contributed by atoms with E-state index < -0.39 is 0 Å². The molecule has 7 nitrogen and oxygen atoms in total. The highest BCUT2D eigenvalue weighted by Gasteiger charge is 2.11. The Hall–Kier alpha value is -4.74. The molecule has 0 bridgehead atoms. The molecule has 0 fully saturated rings. The first-order chi connectivity index (χ1) is 16.9. The molecule has 4 rings (SSSR count). The van der Waals surface area contributed by atoms with Crippen LogP contribution in [0, 0.1) is 11.3 Å². The van der Waals surface area contributed by atoms with E-state index >= 15 is 0 Å². The number of hydrogen-bond acceptors (Lipinski definition) is 6. The quantitative estimate of drug-likeness (QED) is 0.274. The van der Waals surface area contributed by atoms with Gasteiger partial charge in [0.2, 0.25) is 0 Å². The van der Waals surface area contributed by atoms with Gasteiger partial charge >= 0.3 is 0 Å². The van der Waals surface area contributed by atoms with Gasteiger partial charge in [0.05, 0.1) is 5.56 Å². The third-order valence-electron chi connectivity index (χ3n) is 5.04.